The monoisotopic (exact) mass is 237 g/mol. The number of anilines is 2. The normalized spacial score (nSPS) is 10.0. The predicted molar refractivity (Wildman–Crippen MR) is 67.7 cm³/mol. The molecule has 0 saturated carbocycles. The number of nitrogen functional groups attached to an aromatic ring is 1. The number of ether oxygens (including phenoxy) is 1. The van der Waals surface area contributed by atoms with E-state index in [0.717, 1.165) is 17.9 Å². The molecule has 0 unspecified atom stereocenters. The van der Waals surface area contributed by atoms with Crippen molar-refractivity contribution in [2.24, 2.45) is 0 Å². The van der Waals surface area contributed by atoms with E-state index in [2.05, 4.69) is 10.3 Å². The van der Waals surface area contributed by atoms with E-state index in [4.69, 9.17) is 10.5 Å². The summed E-state index contributed by atoms with van der Waals surface area (Å²) < 4.78 is 4.83. The largest absolute Gasteiger partial charge is 0.466 e. The summed E-state index contributed by atoms with van der Waals surface area (Å²) in [5.41, 5.74) is 7.15. The van der Waals surface area contributed by atoms with Crippen molar-refractivity contribution >= 4 is 17.5 Å². The number of nitrogens with one attached hydrogen (secondary N) is 1. The van der Waals surface area contributed by atoms with Gasteiger partial charge in [-0.2, -0.15) is 0 Å². The van der Waals surface area contributed by atoms with Crippen LogP contribution in [0.15, 0.2) is 12.1 Å². The van der Waals surface area contributed by atoms with Crippen LogP contribution in [-0.4, -0.2) is 24.1 Å². The summed E-state index contributed by atoms with van der Waals surface area (Å²) in [6.07, 6.45) is 1.15. The number of hydrogen-bond acceptors (Lipinski definition) is 5. The lowest BCUT2D eigenvalue weighted by atomic mass is 10.3. The molecule has 0 saturated heterocycles. The molecule has 0 amide bonds. The Kier molecular flexibility index (Phi) is 5.26. The molecule has 1 heterocycles. The number of aryl methyl sites for hydroxylation is 1. The summed E-state index contributed by atoms with van der Waals surface area (Å²) in [4.78, 5) is 15.3. The van der Waals surface area contributed by atoms with Crippen molar-refractivity contribution in [2.75, 3.05) is 24.2 Å². The van der Waals surface area contributed by atoms with E-state index in [-0.39, 0.29) is 5.97 Å². The highest BCUT2D eigenvalue weighted by atomic mass is 16.5. The smallest absolute Gasteiger partial charge is 0.305 e. The molecule has 94 valence electrons. The summed E-state index contributed by atoms with van der Waals surface area (Å²) in [5, 5.41) is 3.14. The van der Waals surface area contributed by atoms with Crippen LogP contribution in [0.4, 0.5) is 11.5 Å². The number of rotatable bonds is 6. The minimum absolute atomic E-state index is 0.157. The Morgan fingerprint density at radius 2 is 2.29 bits per heavy atom. The van der Waals surface area contributed by atoms with Crippen LogP contribution >= 0.6 is 0 Å². The number of pyridine rings is 1. The summed E-state index contributed by atoms with van der Waals surface area (Å²) in [7, 11) is 0. The van der Waals surface area contributed by atoms with Gasteiger partial charge >= 0.3 is 5.97 Å². The summed E-state index contributed by atoms with van der Waals surface area (Å²) >= 11 is 0. The number of esters is 1. The van der Waals surface area contributed by atoms with Gasteiger partial charge in [-0.05, 0) is 32.4 Å². The van der Waals surface area contributed by atoms with E-state index < -0.39 is 0 Å². The zero-order valence-electron chi connectivity index (χ0n) is 10.3. The molecule has 0 aromatic carbocycles. The van der Waals surface area contributed by atoms with E-state index in [9.17, 15) is 4.79 Å². The molecule has 0 aliphatic rings. The Hall–Kier alpha value is -1.78. The molecule has 0 aliphatic heterocycles. The second-order valence-electron chi connectivity index (χ2n) is 3.71. The minimum Gasteiger partial charge on any atom is -0.466 e. The Bertz CT molecular complexity index is 380. The van der Waals surface area contributed by atoms with Gasteiger partial charge in [0.15, 0.2) is 0 Å². The SMILES string of the molecule is CCOC(=O)CCCNc1ccc(N)c(C)n1. The van der Waals surface area contributed by atoms with Crippen molar-refractivity contribution in [1.29, 1.82) is 0 Å². The van der Waals surface area contributed by atoms with Crippen molar-refractivity contribution in [1.82, 2.24) is 4.98 Å². The van der Waals surface area contributed by atoms with Crippen LogP contribution in [0.2, 0.25) is 0 Å². The molecular weight excluding hydrogens is 218 g/mol. The van der Waals surface area contributed by atoms with Gasteiger partial charge in [-0.15, -0.1) is 0 Å². The van der Waals surface area contributed by atoms with Gasteiger partial charge in [0.2, 0.25) is 0 Å². The van der Waals surface area contributed by atoms with Crippen molar-refractivity contribution in [2.45, 2.75) is 26.7 Å². The first kappa shape index (κ1) is 13.3. The summed E-state index contributed by atoms with van der Waals surface area (Å²) in [6.45, 7) is 4.79. The second-order valence-corrected chi connectivity index (χ2v) is 3.71. The maximum atomic E-state index is 11.1. The number of carbonyl (C=O) groups excluding carboxylic acids is 1. The molecule has 0 bridgehead atoms. The third-order valence-corrected chi connectivity index (χ3v) is 2.30. The lowest BCUT2D eigenvalue weighted by molar-refractivity contribution is -0.143. The van der Waals surface area contributed by atoms with Gasteiger partial charge in [-0.1, -0.05) is 0 Å². The first-order chi connectivity index (χ1) is 8.13. The second kappa shape index (κ2) is 6.73. The Morgan fingerprint density at radius 1 is 1.53 bits per heavy atom. The maximum Gasteiger partial charge on any atom is 0.305 e. The molecule has 5 nitrogen and oxygen atoms in total. The third-order valence-electron chi connectivity index (χ3n) is 2.30. The molecule has 0 aliphatic carbocycles. The molecule has 0 fully saturated rings. The molecule has 1 rings (SSSR count). The number of carbonyl (C=O) groups is 1. The molecule has 0 atom stereocenters. The zero-order chi connectivity index (χ0) is 12.7. The highest BCUT2D eigenvalue weighted by Crippen LogP contribution is 2.11. The third kappa shape index (κ3) is 4.72. The lowest BCUT2D eigenvalue weighted by Gasteiger charge is -2.07. The average molecular weight is 237 g/mol. The number of aromatic nitrogens is 1. The van der Waals surface area contributed by atoms with Gasteiger partial charge in [0.05, 0.1) is 18.0 Å². The van der Waals surface area contributed by atoms with Crippen LogP contribution in [0, 0.1) is 6.92 Å². The fourth-order valence-electron chi connectivity index (χ4n) is 1.35. The van der Waals surface area contributed by atoms with Gasteiger partial charge in [-0.3, -0.25) is 4.79 Å². The van der Waals surface area contributed by atoms with Gasteiger partial charge in [0.1, 0.15) is 5.82 Å². The van der Waals surface area contributed by atoms with Crippen molar-refractivity contribution in [3.8, 4) is 0 Å². The van der Waals surface area contributed by atoms with Crippen molar-refractivity contribution < 1.29 is 9.53 Å². The van der Waals surface area contributed by atoms with Crippen LogP contribution in [0.25, 0.3) is 0 Å². The molecular formula is C12H19N3O2. The van der Waals surface area contributed by atoms with E-state index >= 15 is 0 Å². The Labute approximate surface area is 101 Å². The van der Waals surface area contributed by atoms with Gasteiger partial charge in [0.25, 0.3) is 0 Å². The van der Waals surface area contributed by atoms with Crippen LogP contribution in [0.3, 0.4) is 0 Å². The highest BCUT2D eigenvalue weighted by Gasteiger charge is 2.01. The molecule has 0 radical (unpaired) electrons. The quantitative estimate of drug-likeness (QED) is 0.582. The lowest BCUT2D eigenvalue weighted by Crippen LogP contribution is -2.09. The van der Waals surface area contributed by atoms with E-state index in [0.29, 0.717) is 25.3 Å². The fourth-order valence-corrected chi connectivity index (χ4v) is 1.35. The summed E-state index contributed by atoms with van der Waals surface area (Å²) in [6, 6.07) is 3.64. The first-order valence-corrected chi connectivity index (χ1v) is 5.76. The fraction of sp³-hybridized carbons (Fsp3) is 0.500. The predicted octanol–water partition coefficient (Wildman–Crippen LogP) is 1.73. The average Bonchev–Trinajstić information content (AvgIpc) is 2.29. The van der Waals surface area contributed by atoms with Crippen LogP contribution in [0.5, 0.6) is 0 Å². The standard InChI is InChI=1S/C12H19N3O2/c1-3-17-12(16)5-4-8-14-11-7-6-10(13)9(2)15-11/h6-7H,3-5,8,13H2,1-2H3,(H,14,15). The highest BCUT2D eigenvalue weighted by molar-refractivity contribution is 5.69. The van der Waals surface area contributed by atoms with Crippen molar-refractivity contribution in [3.05, 3.63) is 17.8 Å². The van der Waals surface area contributed by atoms with Gasteiger partial charge in [-0.25, -0.2) is 4.98 Å². The topological polar surface area (TPSA) is 77.2 Å². The number of nitrogens with two attached hydrogens (primary N) is 1. The minimum atomic E-state index is -0.157. The van der Waals surface area contributed by atoms with E-state index in [1.165, 1.54) is 0 Å². The number of nitrogens with zero attached hydrogens (tertiary/aromatic N) is 1. The van der Waals surface area contributed by atoms with Crippen LogP contribution < -0.4 is 11.1 Å². The van der Waals surface area contributed by atoms with Crippen LogP contribution in [0.1, 0.15) is 25.5 Å². The molecule has 1 aromatic rings. The van der Waals surface area contributed by atoms with E-state index in [1.54, 1.807) is 6.92 Å². The first-order valence-electron chi connectivity index (χ1n) is 5.76. The molecule has 1 aromatic heterocycles. The molecule has 3 N–H and O–H groups in total. The number of hydrogen-bond donors (Lipinski definition) is 2. The zero-order valence-corrected chi connectivity index (χ0v) is 10.3. The van der Waals surface area contributed by atoms with Crippen LogP contribution in [-0.2, 0) is 9.53 Å². The Balaban J connectivity index is 2.26. The molecule has 17 heavy (non-hydrogen) atoms. The molecule has 0 spiro atoms. The molecule has 5 heteroatoms. The maximum absolute atomic E-state index is 11.1. The van der Waals surface area contributed by atoms with E-state index in [1.807, 2.05) is 19.1 Å². The summed E-state index contributed by atoms with van der Waals surface area (Å²) in [5.74, 6) is 0.622. The Morgan fingerprint density at radius 3 is 2.94 bits per heavy atom. The van der Waals surface area contributed by atoms with Gasteiger partial charge < -0.3 is 15.8 Å². The van der Waals surface area contributed by atoms with Gasteiger partial charge in [0, 0.05) is 13.0 Å². The van der Waals surface area contributed by atoms with Crippen molar-refractivity contribution in [3.63, 3.8) is 0 Å².